The van der Waals surface area contributed by atoms with E-state index in [-0.39, 0.29) is 22.6 Å². The number of amides is 2. The highest BCUT2D eigenvalue weighted by molar-refractivity contribution is 7.80. The molecule has 1 aliphatic carbocycles. The third-order valence-corrected chi connectivity index (χ3v) is 4.65. The number of hydrogen-bond acceptors (Lipinski definition) is 5. The highest BCUT2D eigenvalue weighted by atomic mass is 32.1. The van der Waals surface area contributed by atoms with Gasteiger partial charge in [0.05, 0.1) is 4.92 Å². The van der Waals surface area contributed by atoms with Crippen LogP contribution in [0.1, 0.15) is 24.0 Å². The van der Waals surface area contributed by atoms with Crippen LogP contribution in [-0.4, -0.2) is 21.9 Å². The molecule has 154 valence electrons. The summed E-state index contributed by atoms with van der Waals surface area (Å²) in [5.74, 6) is -0.370. The minimum atomic E-state index is -0.501. The van der Waals surface area contributed by atoms with Crippen LogP contribution in [0.15, 0.2) is 48.5 Å². The molecule has 3 N–H and O–H groups in total. The average Bonchev–Trinajstić information content (AvgIpc) is 3.54. The quantitative estimate of drug-likeness (QED) is 0.281. The maximum atomic E-state index is 12.1. The Morgan fingerprint density at radius 1 is 1.17 bits per heavy atom. The fourth-order valence-corrected chi connectivity index (χ4v) is 2.86. The van der Waals surface area contributed by atoms with Crippen molar-refractivity contribution in [2.75, 3.05) is 10.6 Å². The number of carbonyl (C=O) groups is 2. The van der Waals surface area contributed by atoms with Gasteiger partial charge in [-0.3, -0.25) is 25.0 Å². The number of nitro groups is 1. The first-order valence-electron chi connectivity index (χ1n) is 9.28. The molecule has 3 rings (SSSR count). The van der Waals surface area contributed by atoms with Gasteiger partial charge in [-0.25, -0.2) is 0 Å². The number of anilines is 2. The Balaban J connectivity index is 1.57. The lowest BCUT2D eigenvalue weighted by atomic mass is 10.1. The van der Waals surface area contributed by atoms with Gasteiger partial charge in [0, 0.05) is 35.5 Å². The van der Waals surface area contributed by atoms with Crippen molar-refractivity contribution in [1.82, 2.24) is 5.32 Å². The van der Waals surface area contributed by atoms with Gasteiger partial charge in [-0.05, 0) is 61.3 Å². The van der Waals surface area contributed by atoms with Crippen LogP contribution in [0.4, 0.5) is 17.1 Å². The van der Waals surface area contributed by atoms with E-state index in [0.717, 1.165) is 18.4 Å². The first kappa shape index (κ1) is 21.1. The molecule has 0 bridgehead atoms. The van der Waals surface area contributed by atoms with Gasteiger partial charge in [0.1, 0.15) is 0 Å². The van der Waals surface area contributed by atoms with Gasteiger partial charge in [0.25, 0.3) is 5.69 Å². The van der Waals surface area contributed by atoms with E-state index in [1.807, 2.05) is 13.0 Å². The van der Waals surface area contributed by atoms with Gasteiger partial charge < -0.3 is 10.6 Å². The molecule has 0 aromatic heterocycles. The maximum absolute atomic E-state index is 12.1. The molecule has 30 heavy (non-hydrogen) atoms. The molecular formula is C21H20N4O4S. The first-order chi connectivity index (χ1) is 14.3. The SMILES string of the molecule is Cc1ccc(NC(=S)NC(=O)/C=C/c2cccc([N+](=O)[O-])c2)cc1NC(=O)C1CC1. The standard InChI is InChI=1S/C21H20N4O4S/c1-13-5-9-16(12-18(13)23-20(27)15-7-8-15)22-21(30)24-19(26)10-6-14-3-2-4-17(11-14)25(28)29/h2-6,9-12,15H,7-8H2,1H3,(H,23,27)(H2,22,24,26,30)/b10-6+. The molecule has 8 nitrogen and oxygen atoms in total. The van der Waals surface area contributed by atoms with E-state index < -0.39 is 10.8 Å². The highest BCUT2D eigenvalue weighted by Gasteiger charge is 2.29. The van der Waals surface area contributed by atoms with Crippen LogP contribution in [0, 0.1) is 23.0 Å². The molecule has 0 atom stereocenters. The van der Waals surface area contributed by atoms with Gasteiger partial charge in [0.2, 0.25) is 11.8 Å². The van der Waals surface area contributed by atoms with Crippen LogP contribution in [-0.2, 0) is 9.59 Å². The first-order valence-corrected chi connectivity index (χ1v) is 9.68. The predicted molar refractivity (Wildman–Crippen MR) is 119 cm³/mol. The third-order valence-electron chi connectivity index (χ3n) is 4.45. The summed E-state index contributed by atoms with van der Waals surface area (Å²) in [6.45, 7) is 1.89. The Hall–Kier alpha value is -3.59. The summed E-state index contributed by atoms with van der Waals surface area (Å²) in [6.07, 6.45) is 4.54. The summed E-state index contributed by atoms with van der Waals surface area (Å²) < 4.78 is 0. The molecule has 9 heteroatoms. The van der Waals surface area contributed by atoms with E-state index in [2.05, 4.69) is 16.0 Å². The van der Waals surface area contributed by atoms with Gasteiger partial charge in [-0.2, -0.15) is 0 Å². The summed E-state index contributed by atoms with van der Waals surface area (Å²) in [7, 11) is 0. The Morgan fingerprint density at radius 3 is 2.63 bits per heavy atom. The molecule has 0 spiro atoms. The number of non-ortho nitro benzene ring substituents is 1. The lowest BCUT2D eigenvalue weighted by Crippen LogP contribution is -2.32. The minimum absolute atomic E-state index is 0.0115. The number of nitrogens with zero attached hydrogens (tertiary/aromatic N) is 1. The van der Waals surface area contributed by atoms with Crippen molar-refractivity contribution in [3.8, 4) is 0 Å². The number of nitrogens with one attached hydrogen (secondary N) is 3. The molecular weight excluding hydrogens is 404 g/mol. The zero-order valence-electron chi connectivity index (χ0n) is 16.2. The van der Waals surface area contributed by atoms with E-state index in [0.29, 0.717) is 16.9 Å². The number of benzene rings is 2. The minimum Gasteiger partial charge on any atom is -0.332 e. The molecule has 0 radical (unpaired) electrons. The summed E-state index contributed by atoms with van der Waals surface area (Å²) in [6, 6.07) is 11.3. The monoisotopic (exact) mass is 424 g/mol. The molecule has 2 aromatic carbocycles. The molecule has 1 aliphatic rings. The molecule has 0 heterocycles. The van der Waals surface area contributed by atoms with Crippen LogP contribution in [0.2, 0.25) is 0 Å². The Morgan fingerprint density at radius 2 is 1.93 bits per heavy atom. The molecule has 2 aromatic rings. The second-order valence-electron chi connectivity index (χ2n) is 6.92. The zero-order valence-corrected chi connectivity index (χ0v) is 17.0. The summed E-state index contributed by atoms with van der Waals surface area (Å²) in [4.78, 5) is 34.4. The number of rotatable bonds is 6. The van der Waals surface area contributed by atoms with E-state index in [1.54, 1.807) is 24.3 Å². The number of aryl methyl sites for hydroxylation is 1. The zero-order chi connectivity index (χ0) is 21.7. The van der Waals surface area contributed by atoms with E-state index >= 15 is 0 Å². The van der Waals surface area contributed by atoms with Crippen LogP contribution in [0.3, 0.4) is 0 Å². The van der Waals surface area contributed by atoms with Crippen LogP contribution >= 0.6 is 12.2 Å². The lowest BCUT2D eigenvalue weighted by molar-refractivity contribution is -0.384. The molecule has 0 aliphatic heterocycles. The fraction of sp³-hybridized carbons (Fsp3) is 0.190. The summed E-state index contributed by atoms with van der Waals surface area (Å²) in [5.41, 5.74) is 2.70. The Labute approximate surface area is 178 Å². The molecule has 1 saturated carbocycles. The van der Waals surface area contributed by atoms with Gasteiger partial charge in [0.15, 0.2) is 5.11 Å². The summed E-state index contributed by atoms with van der Waals surface area (Å²) in [5, 5.41) is 19.2. The van der Waals surface area contributed by atoms with Gasteiger partial charge in [-0.1, -0.05) is 18.2 Å². The number of thiocarbonyl (C=S) groups is 1. The van der Waals surface area contributed by atoms with Crippen molar-refractivity contribution in [1.29, 1.82) is 0 Å². The number of nitro benzene ring substituents is 1. The van der Waals surface area contributed by atoms with Crippen LogP contribution in [0.25, 0.3) is 6.08 Å². The normalized spacial score (nSPS) is 13.0. The van der Waals surface area contributed by atoms with Gasteiger partial charge in [-0.15, -0.1) is 0 Å². The Bertz CT molecular complexity index is 1050. The smallest absolute Gasteiger partial charge is 0.270 e. The lowest BCUT2D eigenvalue weighted by Gasteiger charge is -2.12. The molecule has 2 amide bonds. The van der Waals surface area contributed by atoms with E-state index in [1.165, 1.54) is 24.3 Å². The van der Waals surface area contributed by atoms with Crippen molar-refractivity contribution in [3.63, 3.8) is 0 Å². The Kier molecular flexibility index (Phi) is 6.53. The molecule has 1 fully saturated rings. The van der Waals surface area contributed by atoms with Crippen molar-refractivity contribution >= 4 is 52.3 Å². The summed E-state index contributed by atoms with van der Waals surface area (Å²) >= 11 is 5.16. The van der Waals surface area contributed by atoms with Gasteiger partial charge >= 0.3 is 0 Å². The number of hydrogen-bond donors (Lipinski definition) is 3. The van der Waals surface area contributed by atoms with Crippen molar-refractivity contribution in [2.24, 2.45) is 5.92 Å². The van der Waals surface area contributed by atoms with Crippen molar-refractivity contribution in [3.05, 3.63) is 69.8 Å². The second kappa shape index (κ2) is 9.27. The highest BCUT2D eigenvalue weighted by Crippen LogP contribution is 2.31. The topological polar surface area (TPSA) is 113 Å². The van der Waals surface area contributed by atoms with Crippen molar-refractivity contribution < 1.29 is 14.5 Å². The largest absolute Gasteiger partial charge is 0.332 e. The van der Waals surface area contributed by atoms with E-state index in [9.17, 15) is 19.7 Å². The average molecular weight is 424 g/mol. The molecule has 0 saturated heterocycles. The van der Waals surface area contributed by atoms with Crippen LogP contribution < -0.4 is 16.0 Å². The third kappa shape index (κ3) is 5.95. The molecule has 0 unspecified atom stereocenters. The van der Waals surface area contributed by atoms with Crippen molar-refractivity contribution in [2.45, 2.75) is 19.8 Å². The number of carbonyl (C=O) groups excluding carboxylic acids is 2. The van der Waals surface area contributed by atoms with E-state index in [4.69, 9.17) is 12.2 Å². The predicted octanol–water partition coefficient (Wildman–Crippen LogP) is 3.78. The van der Waals surface area contributed by atoms with Crippen LogP contribution in [0.5, 0.6) is 0 Å². The second-order valence-corrected chi connectivity index (χ2v) is 7.33. The fourth-order valence-electron chi connectivity index (χ4n) is 2.64. The maximum Gasteiger partial charge on any atom is 0.270 e.